The summed E-state index contributed by atoms with van der Waals surface area (Å²) < 4.78 is 19.8. The Morgan fingerprint density at radius 1 is 1.17 bits per heavy atom. The van der Waals surface area contributed by atoms with Crippen molar-refractivity contribution >= 4 is 16.8 Å². The van der Waals surface area contributed by atoms with E-state index in [9.17, 15) is 9.18 Å². The molecule has 1 saturated heterocycles. The van der Waals surface area contributed by atoms with Gasteiger partial charge in [-0.05, 0) is 55.0 Å². The van der Waals surface area contributed by atoms with E-state index < -0.39 is 0 Å². The lowest BCUT2D eigenvalue weighted by molar-refractivity contribution is -0.143. The van der Waals surface area contributed by atoms with Crippen LogP contribution in [0.25, 0.3) is 22.2 Å². The summed E-state index contributed by atoms with van der Waals surface area (Å²) in [7, 11) is 0. The second-order valence-electron chi connectivity index (χ2n) is 8.03. The Balaban J connectivity index is 1.43. The van der Waals surface area contributed by atoms with Gasteiger partial charge in [-0.3, -0.25) is 4.79 Å². The van der Waals surface area contributed by atoms with E-state index in [1.165, 1.54) is 6.07 Å². The molecule has 1 N–H and O–H groups in total. The molecule has 1 aliphatic heterocycles. The smallest absolute Gasteiger partial charge is 0.223 e. The van der Waals surface area contributed by atoms with E-state index in [2.05, 4.69) is 4.98 Å². The first-order chi connectivity index (χ1) is 14.2. The Hall–Kier alpha value is -2.66. The summed E-state index contributed by atoms with van der Waals surface area (Å²) in [5, 5.41) is 0.859. The molecule has 1 aromatic heterocycles. The number of ether oxygens (including phenoxy) is 1. The number of nitrogens with zero attached hydrogens (tertiary/aromatic N) is 1. The van der Waals surface area contributed by atoms with Crippen molar-refractivity contribution in [2.24, 2.45) is 0 Å². The average Bonchev–Trinajstić information content (AvgIpc) is 3.37. The number of H-pyrrole nitrogens is 1. The van der Waals surface area contributed by atoms with Crippen LogP contribution in [0.2, 0.25) is 0 Å². The Bertz CT molecular complexity index is 1030. The highest BCUT2D eigenvalue weighted by molar-refractivity contribution is 5.91. The fourth-order valence-electron chi connectivity index (χ4n) is 4.94. The number of carbonyl (C=O) groups excluding carboxylic acids is 1. The quantitative estimate of drug-likeness (QED) is 0.700. The van der Waals surface area contributed by atoms with Crippen molar-refractivity contribution in [2.75, 3.05) is 13.2 Å². The first kappa shape index (κ1) is 18.4. The maximum atomic E-state index is 14.0. The minimum Gasteiger partial charge on any atom is -0.374 e. The van der Waals surface area contributed by atoms with Crippen LogP contribution in [-0.4, -0.2) is 41.1 Å². The number of aromatic nitrogens is 1. The first-order valence-electron chi connectivity index (χ1n) is 10.5. The van der Waals surface area contributed by atoms with Crippen molar-refractivity contribution in [3.8, 4) is 11.3 Å². The van der Waals surface area contributed by atoms with Gasteiger partial charge in [0.1, 0.15) is 5.82 Å². The molecule has 5 heteroatoms. The molecule has 2 aromatic carbocycles. The van der Waals surface area contributed by atoms with Gasteiger partial charge in [-0.2, -0.15) is 0 Å². The monoisotopic (exact) mass is 392 g/mol. The van der Waals surface area contributed by atoms with E-state index >= 15 is 0 Å². The SMILES string of the molecule is O=C(CCc1c(-c2ccccc2)[nH]c2ccc(F)cc12)N1CCO[C@@H]2CCC[C@@H]21. The van der Waals surface area contributed by atoms with Gasteiger partial charge in [0, 0.05) is 29.6 Å². The molecule has 150 valence electrons. The molecule has 0 spiro atoms. The summed E-state index contributed by atoms with van der Waals surface area (Å²) in [6.07, 6.45) is 4.42. The van der Waals surface area contributed by atoms with Crippen LogP contribution in [0.3, 0.4) is 0 Å². The topological polar surface area (TPSA) is 45.3 Å². The van der Waals surface area contributed by atoms with Gasteiger partial charge in [-0.1, -0.05) is 30.3 Å². The maximum absolute atomic E-state index is 14.0. The number of rotatable bonds is 4. The lowest BCUT2D eigenvalue weighted by Crippen LogP contribution is -2.51. The largest absolute Gasteiger partial charge is 0.374 e. The van der Waals surface area contributed by atoms with Crippen molar-refractivity contribution in [1.29, 1.82) is 0 Å². The number of nitrogens with one attached hydrogen (secondary N) is 1. The van der Waals surface area contributed by atoms with E-state index in [1.807, 2.05) is 35.2 Å². The number of aryl methyl sites for hydroxylation is 1. The number of aromatic amines is 1. The third-order valence-electron chi connectivity index (χ3n) is 6.32. The third-order valence-corrected chi connectivity index (χ3v) is 6.32. The first-order valence-corrected chi connectivity index (χ1v) is 10.5. The fraction of sp³-hybridized carbons (Fsp3) is 0.375. The second kappa shape index (κ2) is 7.64. The predicted octanol–water partition coefficient (Wildman–Crippen LogP) is 4.69. The van der Waals surface area contributed by atoms with E-state index in [1.54, 1.807) is 12.1 Å². The van der Waals surface area contributed by atoms with Gasteiger partial charge in [0.05, 0.1) is 18.8 Å². The lowest BCUT2D eigenvalue weighted by atomic mass is 10.00. The molecule has 2 aliphatic rings. The van der Waals surface area contributed by atoms with Gasteiger partial charge in [-0.15, -0.1) is 0 Å². The number of amides is 1. The molecule has 3 aromatic rings. The van der Waals surface area contributed by atoms with Crippen LogP contribution < -0.4 is 0 Å². The molecule has 4 nitrogen and oxygen atoms in total. The Morgan fingerprint density at radius 2 is 2.03 bits per heavy atom. The normalized spacial score (nSPS) is 21.5. The van der Waals surface area contributed by atoms with Gasteiger partial charge in [-0.25, -0.2) is 4.39 Å². The molecule has 1 aliphatic carbocycles. The number of fused-ring (bicyclic) bond motifs is 2. The van der Waals surface area contributed by atoms with Crippen LogP contribution in [0.1, 0.15) is 31.2 Å². The molecule has 0 bridgehead atoms. The molecule has 2 atom stereocenters. The molecule has 29 heavy (non-hydrogen) atoms. The summed E-state index contributed by atoms with van der Waals surface area (Å²) in [4.78, 5) is 18.5. The van der Waals surface area contributed by atoms with Gasteiger partial charge in [0.2, 0.25) is 5.91 Å². The maximum Gasteiger partial charge on any atom is 0.223 e. The van der Waals surface area contributed by atoms with Crippen LogP contribution >= 0.6 is 0 Å². The Labute approximate surface area is 169 Å². The minimum atomic E-state index is -0.259. The summed E-state index contributed by atoms with van der Waals surface area (Å²) in [5.41, 5.74) is 3.93. The summed E-state index contributed by atoms with van der Waals surface area (Å²) in [6.45, 7) is 1.30. The highest BCUT2D eigenvalue weighted by Crippen LogP contribution is 2.33. The van der Waals surface area contributed by atoms with Gasteiger partial charge in [0.15, 0.2) is 0 Å². The van der Waals surface area contributed by atoms with Crippen molar-refractivity contribution in [3.63, 3.8) is 0 Å². The molecule has 0 unspecified atom stereocenters. The van der Waals surface area contributed by atoms with Crippen LogP contribution in [0.5, 0.6) is 0 Å². The standard InChI is InChI=1S/C24H25FN2O2/c25-17-9-11-20-19(15-17)18(24(26-20)16-5-2-1-3-6-16)10-12-23(28)27-13-14-29-22-8-4-7-21(22)27/h1-3,5-6,9,11,15,21-22,26H,4,7-8,10,12-14H2/t21-,22+/m0/s1. The number of hydrogen-bond acceptors (Lipinski definition) is 2. The third kappa shape index (κ3) is 3.44. The van der Waals surface area contributed by atoms with Crippen LogP contribution in [-0.2, 0) is 16.0 Å². The van der Waals surface area contributed by atoms with Crippen molar-refractivity contribution in [3.05, 3.63) is 59.9 Å². The molecular weight excluding hydrogens is 367 g/mol. The summed E-state index contributed by atoms with van der Waals surface area (Å²) in [5.74, 6) is -0.0828. The number of halogens is 1. The zero-order chi connectivity index (χ0) is 19.8. The Kier molecular flexibility index (Phi) is 4.84. The van der Waals surface area contributed by atoms with Gasteiger partial charge < -0.3 is 14.6 Å². The minimum absolute atomic E-state index is 0.176. The van der Waals surface area contributed by atoms with Crippen LogP contribution in [0.4, 0.5) is 4.39 Å². The molecule has 5 rings (SSSR count). The fourth-order valence-corrected chi connectivity index (χ4v) is 4.94. The van der Waals surface area contributed by atoms with Gasteiger partial charge in [0.25, 0.3) is 0 Å². The molecule has 1 saturated carbocycles. The summed E-state index contributed by atoms with van der Waals surface area (Å²) in [6, 6.07) is 15.1. The lowest BCUT2D eigenvalue weighted by Gasteiger charge is -2.37. The van der Waals surface area contributed by atoms with Crippen LogP contribution in [0.15, 0.2) is 48.5 Å². The zero-order valence-corrected chi connectivity index (χ0v) is 16.4. The van der Waals surface area contributed by atoms with Crippen molar-refractivity contribution in [2.45, 2.75) is 44.2 Å². The molecule has 2 fully saturated rings. The van der Waals surface area contributed by atoms with Crippen LogP contribution in [0, 0.1) is 5.82 Å². The van der Waals surface area contributed by atoms with Crippen molar-refractivity contribution in [1.82, 2.24) is 9.88 Å². The number of hydrogen-bond donors (Lipinski definition) is 1. The Morgan fingerprint density at radius 3 is 2.90 bits per heavy atom. The van der Waals surface area contributed by atoms with E-state index in [4.69, 9.17) is 4.74 Å². The number of morpholine rings is 1. The number of carbonyl (C=O) groups is 1. The highest BCUT2D eigenvalue weighted by Gasteiger charge is 2.38. The van der Waals surface area contributed by atoms with E-state index in [0.717, 1.165) is 47.0 Å². The van der Waals surface area contributed by atoms with Gasteiger partial charge >= 0.3 is 0 Å². The molecule has 0 radical (unpaired) electrons. The van der Waals surface area contributed by atoms with E-state index in [-0.39, 0.29) is 23.9 Å². The predicted molar refractivity (Wildman–Crippen MR) is 111 cm³/mol. The average molecular weight is 392 g/mol. The molecule has 1 amide bonds. The zero-order valence-electron chi connectivity index (χ0n) is 16.4. The van der Waals surface area contributed by atoms with Crippen molar-refractivity contribution < 1.29 is 13.9 Å². The number of benzene rings is 2. The molecule has 2 heterocycles. The highest BCUT2D eigenvalue weighted by atomic mass is 19.1. The van der Waals surface area contributed by atoms with E-state index in [0.29, 0.717) is 26.0 Å². The molecular formula is C24H25FN2O2. The summed E-state index contributed by atoms with van der Waals surface area (Å²) >= 11 is 0. The second-order valence-corrected chi connectivity index (χ2v) is 8.03.